The van der Waals surface area contributed by atoms with Crippen molar-refractivity contribution in [3.8, 4) is 0 Å². The fourth-order valence-corrected chi connectivity index (χ4v) is 2.35. The maximum atomic E-state index is 13.1. The second kappa shape index (κ2) is 3.87. The van der Waals surface area contributed by atoms with E-state index in [-0.39, 0.29) is 11.0 Å². The highest BCUT2D eigenvalue weighted by Gasteiger charge is 2.35. The van der Waals surface area contributed by atoms with Crippen molar-refractivity contribution >= 4 is 33.2 Å². The second-order valence-electron chi connectivity index (χ2n) is 3.45. The molecule has 0 amide bonds. The molecule has 86 valence electrons. The Morgan fingerprint density at radius 3 is 2.81 bits per heavy atom. The number of thiophene rings is 1. The van der Waals surface area contributed by atoms with Gasteiger partial charge in [-0.1, -0.05) is 0 Å². The van der Waals surface area contributed by atoms with Crippen LogP contribution in [0.2, 0.25) is 5.28 Å². The molecule has 0 bridgehead atoms. The van der Waals surface area contributed by atoms with Crippen molar-refractivity contribution in [2.24, 2.45) is 5.73 Å². The minimum absolute atomic E-state index is 0.0689. The number of nitrogens with two attached hydrogens (primary N) is 1. The first-order valence-corrected chi connectivity index (χ1v) is 5.69. The van der Waals surface area contributed by atoms with Crippen molar-refractivity contribution in [1.82, 2.24) is 9.97 Å². The molecular formula is C9H8ClF2N3S. The number of halogens is 3. The van der Waals surface area contributed by atoms with Crippen molar-refractivity contribution in [3.63, 3.8) is 0 Å². The van der Waals surface area contributed by atoms with Crippen LogP contribution in [0.1, 0.15) is 18.7 Å². The SMILES string of the molecule is CC(F)(F)C(N)c1nc(Cl)nc2ccsc12. The Balaban J connectivity index is 2.63. The predicted octanol–water partition coefficient (Wildman–Crippen LogP) is 3.00. The second-order valence-corrected chi connectivity index (χ2v) is 4.70. The molecule has 16 heavy (non-hydrogen) atoms. The molecule has 2 aromatic heterocycles. The van der Waals surface area contributed by atoms with Crippen molar-refractivity contribution in [1.29, 1.82) is 0 Å². The van der Waals surface area contributed by atoms with Crippen LogP contribution in [-0.4, -0.2) is 15.9 Å². The Hall–Kier alpha value is -0.850. The van der Waals surface area contributed by atoms with Crippen LogP contribution in [0.4, 0.5) is 8.78 Å². The van der Waals surface area contributed by atoms with Crippen molar-refractivity contribution in [2.75, 3.05) is 0 Å². The van der Waals surface area contributed by atoms with E-state index in [1.54, 1.807) is 11.4 Å². The largest absolute Gasteiger partial charge is 0.318 e. The molecule has 2 heterocycles. The maximum absolute atomic E-state index is 13.1. The van der Waals surface area contributed by atoms with Gasteiger partial charge in [0.15, 0.2) is 0 Å². The number of rotatable bonds is 2. The van der Waals surface area contributed by atoms with E-state index >= 15 is 0 Å². The van der Waals surface area contributed by atoms with Gasteiger partial charge in [0.05, 0.1) is 15.9 Å². The molecular weight excluding hydrogens is 256 g/mol. The van der Waals surface area contributed by atoms with E-state index < -0.39 is 12.0 Å². The van der Waals surface area contributed by atoms with E-state index in [0.29, 0.717) is 10.2 Å². The molecule has 0 saturated heterocycles. The zero-order valence-corrected chi connectivity index (χ0v) is 9.82. The lowest BCUT2D eigenvalue weighted by atomic mass is 10.1. The van der Waals surface area contributed by atoms with Gasteiger partial charge in [-0.05, 0) is 23.0 Å². The number of hydrogen-bond acceptors (Lipinski definition) is 4. The normalized spacial score (nSPS) is 14.3. The summed E-state index contributed by atoms with van der Waals surface area (Å²) in [7, 11) is 0. The third kappa shape index (κ3) is 2.00. The third-order valence-corrected chi connectivity index (χ3v) is 3.24. The summed E-state index contributed by atoms with van der Waals surface area (Å²) < 4.78 is 26.8. The van der Waals surface area contributed by atoms with Gasteiger partial charge in [-0.15, -0.1) is 11.3 Å². The van der Waals surface area contributed by atoms with Crippen LogP contribution >= 0.6 is 22.9 Å². The summed E-state index contributed by atoms with van der Waals surface area (Å²) in [6.07, 6.45) is 0. The fraction of sp³-hybridized carbons (Fsp3) is 0.333. The van der Waals surface area contributed by atoms with Gasteiger partial charge < -0.3 is 5.73 Å². The summed E-state index contributed by atoms with van der Waals surface area (Å²) in [4.78, 5) is 7.72. The molecule has 2 N–H and O–H groups in total. The van der Waals surface area contributed by atoms with Crippen LogP contribution in [0.3, 0.4) is 0 Å². The third-order valence-electron chi connectivity index (χ3n) is 2.14. The summed E-state index contributed by atoms with van der Waals surface area (Å²) in [6, 6.07) is 0.214. The molecule has 3 nitrogen and oxygen atoms in total. The Labute approximate surface area is 99.3 Å². The highest BCUT2D eigenvalue weighted by Crippen LogP contribution is 2.34. The number of alkyl halides is 2. The highest BCUT2D eigenvalue weighted by atomic mass is 35.5. The van der Waals surface area contributed by atoms with E-state index in [4.69, 9.17) is 17.3 Å². The fourth-order valence-electron chi connectivity index (χ4n) is 1.31. The summed E-state index contributed by atoms with van der Waals surface area (Å²) in [6.45, 7) is 0.757. The molecule has 7 heteroatoms. The molecule has 2 rings (SSSR count). The van der Waals surface area contributed by atoms with Crippen LogP contribution in [0.5, 0.6) is 0 Å². The maximum Gasteiger partial charge on any atom is 0.265 e. The van der Waals surface area contributed by atoms with Crippen LogP contribution in [0.25, 0.3) is 10.2 Å². The standard InChI is InChI=1S/C9H8ClF2N3S/c1-9(11,12)7(13)5-6-4(2-3-16-6)14-8(10)15-5/h2-3,7H,13H2,1H3. The summed E-state index contributed by atoms with van der Waals surface area (Å²) in [5.41, 5.74) is 6.11. The van der Waals surface area contributed by atoms with Gasteiger partial charge in [0.25, 0.3) is 5.92 Å². The quantitative estimate of drug-likeness (QED) is 0.848. The van der Waals surface area contributed by atoms with E-state index in [9.17, 15) is 8.78 Å². The van der Waals surface area contributed by atoms with Gasteiger partial charge in [0.2, 0.25) is 5.28 Å². The molecule has 2 aromatic rings. The van der Waals surface area contributed by atoms with Gasteiger partial charge >= 0.3 is 0 Å². The molecule has 0 aliphatic rings. The minimum Gasteiger partial charge on any atom is -0.318 e. The van der Waals surface area contributed by atoms with Crippen molar-refractivity contribution < 1.29 is 8.78 Å². The van der Waals surface area contributed by atoms with Gasteiger partial charge in [-0.25, -0.2) is 18.7 Å². The number of aromatic nitrogens is 2. The highest BCUT2D eigenvalue weighted by molar-refractivity contribution is 7.17. The lowest BCUT2D eigenvalue weighted by Crippen LogP contribution is -2.30. The Kier molecular flexibility index (Phi) is 2.81. The summed E-state index contributed by atoms with van der Waals surface area (Å²) in [5.74, 6) is -3.05. The number of fused-ring (bicyclic) bond motifs is 1. The molecule has 0 radical (unpaired) electrons. The summed E-state index contributed by atoms with van der Waals surface area (Å²) >= 11 is 6.93. The van der Waals surface area contributed by atoms with Crippen molar-refractivity contribution in [3.05, 3.63) is 22.4 Å². The van der Waals surface area contributed by atoms with Crippen LogP contribution in [0.15, 0.2) is 11.4 Å². The molecule has 0 fully saturated rings. The van der Waals surface area contributed by atoms with Crippen LogP contribution in [-0.2, 0) is 0 Å². The molecule has 0 aromatic carbocycles. The van der Waals surface area contributed by atoms with E-state index in [1.807, 2.05) is 0 Å². The number of nitrogens with zero attached hydrogens (tertiary/aromatic N) is 2. The van der Waals surface area contributed by atoms with Gasteiger partial charge in [0, 0.05) is 6.92 Å². The zero-order chi connectivity index (χ0) is 11.9. The molecule has 0 aliphatic heterocycles. The van der Waals surface area contributed by atoms with Crippen LogP contribution in [0, 0.1) is 0 Å². The summed E-state index contributed by atoms with van der Waals surface area (Å²) in [5, 5.41) is 1.67. The first-order valence-electron chi connectivity index (χ1n) is 4.43. The predicted molar refractivity (Wildman–Crippen MR) is 60.0 cm³/mol. The average molecular weight is 264 g/mol. The van der Waals surface area contributed by atoms with E-state index in [1.165, 1.54) is 11.3 Å². The zero-order valence-electron chi connectivity index (χ0n) is 8.25. The Bertz CT molecular complexity index is 523. The minimum atomic E-state index is -3.05. The van der Waals surface area contributed by atoms with Gasteiger partial charge in [0.1, 0.15) is 6.04 Å². The molecule has 0 saturated carbocycles. The van der Waals surface area contributed by atoms with Gasteiger partial charge in [-0.2, -0.15) is 0 Å². The smallest absolute Gasteiger partial charge is 0.265 e. The van der Waals surface area contributed by atoms with Gasteiger partial charge in [-0.3, -0.25) is 0 Å². The monoisotopic (exact) mass is 263 g/mol. The molecule has 0 aliphatic carbocycles. The van der Waals surface area contributed by atoms with E-state index in [0.717, 1.165) is 6.92 Å². The molecule has 1 unspecified atom stereocenters. The lowest BCUT2D eigenvalue weighted by Gasteiger charge is -2.18. The average Bonchev–Trinajstić information content (AvgIpc) is 2.61. The Morgan fingerprint density at radius 1 is 1.50 bits per heavy atom. The Morgan fingerprint density at radius 2 is 2.19 bits per heavy atom. The van der Waals surface area contributed by atoms with Crippen molar-refractivity contribution in [2.45, 2.75) is 18.9 Å². The lowest BCUT2D eigenvalue weighted by molar-refractivity contribution is -0.00693. The molecule has 0 spiro atoms. The topological polar surface area (TPSA) is 51.8 Å². The first-order chi connectivity index (χ1) is 7.39. The van der Waals surface area contributed by atoms with E-state index in [2.05, 4.69) is 9.97 Å². The molecule has 1 atom stereocenters. The first kappa shape index (κ1) is 11.6. The number of hydrogen-bond donors (Lipinski definition) is 1. The van der Waals surface area contributed by atoms with Crippen LogP contribution < -0.4 is 5.73 Å².